The maximum absolute atomic E-state index is 12.5. The van der Waals surface area contributed by atoms with Gasteiger partial charge in [-0.15, -0.1) is 0 Å². The Hall–Kier alpha value is -1.89. The van der Waals surface area contributed by atoms with Gasteiger partial charge in [-0.3, -0.25) is 14.5 Å². The predicted molar refractivity (Wildman–Crippen MR) is 101 cm³/mol. The molecule has 1 aromatic rings. The van der Waals surface area contributed by atoms with Crippen molar-refractivity contribution < 1.29 is 14.4 Å². The molecule has 1 unspecified atom stereocenters. The minimum atomic E-state index is -0.671. The summed E-state index contributed by atoms with van der Waals surface area (Å²) in [6.07, 6.45) is 4.13. The fourth-order valence-corrected chi connectivity index (χ4v) is 4.01. The second kappa shape index (κ2) is 7.78. The van der Waals surface area contributed by atoms with E-state index >= 15 is 0 Å². The van der Waals surface area contributed by atoms with Crippen LogP contribution in [0.25, 0.3) is 0 Å². The van der Waals surface area contributed by atoms with Crippen molar-refractivity contribution in [2.24, 2.45) is 0 Å². The lowest BCUT2D eigenvalue weighted by atomic mass is 9.98. The first kappa shape index (κ1) is 18.9. The second-order valence-corrected chi connectivity index (χ2v) is 8.04. The van der Waals surface area contributed by atoms with Crippen LogP contribution in [-0.4, -0.2) is 34.8 Å². The number of carbonyl (C=O) groups is 3. The summed E-state index contributed by atoms with van der Waals surface area (Å²) in [6, 6.07) is 7.39. The van der Waals surface area contributed by atoms with E-state index in [9.17, 15) is 14.4 Å². The van der Waals surface area contributed by atoms with E-state index in [2.05, 4.69) is 26.6 Å². The molecule has 1 atom stereocenters. The number of urea groups is 1. The highest BCUT2D eigenvalue weighted by atomic mass is 79.9. The van der Waals surface area contributed by atoms with Gasteiger partial charge in [0, 0.05) is 17.4 Å². The van der Waals surface area contributed by atoms with Crippen LogP contribution in [0.1, 0.15) is 57.1 Å². The molecule has 2 fully saturated rings. The average molecular weight is 422 g/mol. The van der Waals surface area contributed by atoms with Crippen molar-refractivity contribution in [1.82, 2.24) is 15.5 Å². The van der Waals surface area contributed by atoms with E-state index in [0.29, 0.717) is 6.42 Å². The van der Waals surface area contributed by atoms with Crippen molar-refractivity contribution in [3.8, 4) is 0 Å². The van der Waals surface area contributed by atoms with E-state index in [4.69, 9.17) is 0 Å². The molecule has 3 rings (SSSR count). The lowest BCUT2D eigenvalue weighted by Gasteiger charge is -2.20. The molecule has 26 heavy (non-hydrogen) atoms. The van der Waals surface area contributed by atoms with Crippen LogP contribution in [0.15, 0.2) is 28.7 Å². The molecule has 0 bridgehead atoms. The van der Waals surface area contributed by atoms with Crippen molar-refractivity contribution in [2.45, 2.75) is 57.0 Å². The smallest absolute Gasteiger partial charge is 0.325 e. The third-order valence-corrected chi connectivity index (χ3v) is 5.76. The number of rotatable bonds is 6. The SMILES string of the molecule is CC(NC(=O)CCCN1C(=O)NC2(CCCC2)C1=O)c1ccc(Br)cc1. The number of nitrogens with one attached hydrogen (secondary N) is 2. The van der Waals surface area contributed by atoms with Crippen LogP contribution in [-0.2, 0) is 9.59 Å². The van der Waals surface area contributed by atoms with Crippen LogP contribution < -0.4 is 10.6 Å². The first-order chi connectivity index (χ1) is 12.4. The van der Waals surface area contributed by atoms with Gasteiger partial charge in [-0.05, 0) is 43.9 Å². The van der Waals surface area contributed by atoms with Gasteiger partial charge in [-0.25, -0.2) is 4.79 Å². The van der Waals surface area contributed by atoms with Gasteiger partial charge >= 0.3 is 6.03 Å². The molecular formula is C19H24BrN3O3. The van der Waals surface area contributed by atoms with Gasteiger partial charge in [-0.1, -0.05) is 40.9 Å². The summed E-state index contributed by atoms with van der Waals surface area (Å²) in [5.41, 5.74) is 0.355. The Kier molecular flexibility index (Phi) is 5.65. The fraction of sp³-hybridized carbons (Fsp3) is 0.526. The summed E-state index contributed by atoms with van der Waals surface area (Å²) in [5, 5.41) is 5.81. The molecule has 1 saturated heterocycles. The molecule has 2 N–H and O–H groups in total. The largest absolute Gasteiger partial charge is 0.350 e. The Morgan fingerprint density at radius 2 is 1.92 bits per heavy atom. The number of hydrogen-bond acceptors (Lipinski definition) is 3. The number of carbonyl (C=O) groups excluding carboxylic acids is 3. The highest BCUT2D eigenvalue weighted by molar-refractivity contribution is 9.10. The van der Waals surface area contributed by atoms with Gasteiger partial charge in [0.05, 0.1) is 6.04 Å². The molecule has 2 aliphatic rings. The number of amides is 4. The van der Waals surface area contributed by atoms with Crippen LogP contribution in [0.4, 0.5) is 4.79 Å². The maximum atomic E-state index is 12.5. The van der Waals surface area contributed by atoms with Crippen molar-refractivity contribution in [3.63, 3.8) is 0 Å². The molecular weight excluding hydrogens is 398 g/mol. The third-order valence-electron chi connectivity index (χ3n) is 5.24. The topological polar surface area (TPSA) is 78.5 Å². The van der Waals surface area contributed by atoms with Gasteiger partial charge in [0.25, 0.3) is 5.91 Å². The normalized spacial score (nSPS) is 19.7. The molecule has 0 radical (unpaired) electrons. The molecule has 6 nitrogen and oxygen atoms in total. The molecule has 1 heterocycles. The highest BCUT2D eigenvalue weighted by Gasteiger charge is 2.51. The van der Waals surface area contributed by atoms with Gasteiger partial charge < -0.3 is 10.6 Å². The summed E-state index contributed by atoms with van der Waals surface area (Å²) < 4.78 is 0.994. The number of benzene rings is 1. The van der Waals surface area contributed by atoms with Gasteiger partial charge in [0.1, 0.15) is 5.54 Å². The van der Waals surface area contributed by atoms with Gasteiger partial charge in [-0.2, -0.15) is 0 Å². The number of imide groups is 1. The average Bonchev–Trinajstić information content (AvgIpc) is 3.16. The highest BCUT2D eigenvalue weighted by Crippen LogP contribution is 2.35. The standard InChI is InChI=1S/C19H24BrN3O3/c1-13(14-6-8-15(20)9-7-14)21-16(24)5-4-12-23-17(25)19(22-18(23)26)10-2-3-11-19/h6-9,13H,2-5,10-12H2,1H3,(H,21,24)(H,22,26). The zero-order valence-electron chi connectivity index (χ0n) is 14.9. The Morgan fingerprint density at radius 3 is 2.58 bits per heavy atom. The van der Waals surface area contributed by atoms with Gasteiger partial charge in [0.2, 0.25) is 5.91 Å². The van der Waals surface area contributed by atoms with Crippen LogP contribution in [0, 0.1) is 0 Å². The summed E-state index contributed by atoms with van der Waals surface area (Å²) in [7, 11) is 0. The summed E-state index contributed by atoms with van der Waals surface area (Å²) in [6.45, 7) is 2.22. The van der Waals surface area contributed by atoms with E-state index in [1.807, 2.05) is 31.2 Å². The van der Waals surface area contributed by atoms with Crippen molar-refractivity contribution >= 4 is 33.8 Å². The Balaban J connectivity index is 1.45. The molecule has 0 aromatic heterocycles. The quantitative estimate of drug-likeness (QED) is 0.691. The first-order valence-electron chi connectivity index (χ1n) is 9.10. The molecule has 1 saturated carbocycles. The van der Waals surface area contributed by atoms with E-state index in [-0.39, 0.29) is 36.9 Å². The number of halogens is 1. The lowest BCUT2D eigenvalue weighted by molar-refractivity contribution is -0.131. The minimum absolute atomic E-state index is 0.0805. The summed E-state index contributed by atoms with van der Waals surface area (Å²) >= 11 is 3.39. The van der Waals surface area contributed by atoms with Crippen LogP contribution in [0.3, 0.4) is 0 Å². The van der Waals surface area contributed by atoms with E-state index in [1.54, 1.807) is 0 Å². The monoisotopic (exact) mass is 421 g/mol. The Bertz CT molecular complexity index is 698. The van der Waals surface area contributed by atoms with Crippen LogP contribution in [0.2, 0.25) is 0 Å². The molecule has 1 aliphatic heterocycles. The number of hydrogen-bond donors (Lipinski definition) is 2. The molecule has 7 heteroatoms. The molecule has 1 aliphatic carbocycles. The van der Waals surface area contributed by atoms with Crippen molar-refractivity contribution in [1.29, 1.82) is 0 Å². The van der Waals surface area contributed by atoms with Gasteiger partial charge in [0.15, 0.2) is 0 Å². The minimum Gasteiger partial charge on any atom is -0.350 e. The summed E-state index contributed by atoms with van der Waals surface area (Å²) in [5.74, 6) is -0.202. The predicted octanol–water partition coefficient (Wildman–Crippen LogP) is 3.27. The van der Waals surface area contributed by atoms with Crippen molar-refractivity contribution in [2.75, 3.05) is 6.54 Å². The molecule has 4 amide bonds. The van der Waals surface area contributed by atoms with E-state index in [0.717, 1.165) is 35.7 Å². The van der Waals surface area contributed by atoms with Crippen molar-refractivity contribution in [3.05, 3.63) is 34.3 Å². The molecule has 1 spiro atoms. The molecule has 1 aromatic carbocycles. The zero-order chi connectivity index (χ0) is 18.7. The lowest BCUT2D eigenvalue weighted by Crippen LogP contribution is -2.44. The Morgan fingerprint density at radius 1 is 1.27 bits per heavy atom. The van der Waals surface area contributed by atoms with Crippen LogP contribution >= 0.6 is 15.9 Å². The zero-order valence-corrected chi connectivity index (χ0v) is 16.5. The third kappa shape index (κ3) is 3.92. The number of nitrogens with zero attached hydrogens (tertiary/aromatic N) is 1. The van der Waals surface area contributed by atoms with E-state index in [1.165, 1.54) is 4.90 Å². The Labute approximate surface area is 161 Å². The molecule has 140 valence electrons. The first-order valence-corrected chi connectivity index (χ1v) is 9.89. The van der Waals surface area contributed by atoms with Crippen LogP contribution in [0.5, 0.6) is 0 Å². The fourth-order valence-electron chi connectivity index (χ4n) is 3.74. The summed E-state index contributed by atoms with van der Waals surface area (Å²) in [4.78, 5) is 38.1. The second-order valence-electron chi connectivity index (χ2n) is 7.12. The maximum Gasteiger partial charge on any atom is 0.325 e. The van der Waals surface area contributed by atoms with E-state index < -0.39 is 5.54 Å².